The van der Waals surface area contributed by atoms with Gasteiger partial charge < -0.3 is 16.2 Å². The molecule has 3 rings (SSSR count). The molecule has 4 unspecified atom stereocenters. The van der Waals surface area contributed by atoms with Gasteiger partial charge in [-0.2, -0.15) is 0 Å². The van der Waals surface area contributed by atoms with Crippen LogP contribution in [0.15, 0.2) is 24.3 Å². The van der Waals surface area contributed by atoms with Crippen LogP contribution in [0.5, 0.6) is 0 Å². The van der Waals surface area contributed by atoms with Crippen LogP contribution in [0.3, 0.4) is 0 Å². The maximum absolute atomic E-state index is 10.7. The zero-order chi connectivity index (χ0) is 11.3. The van der Waals surface area contributed by atoms with Crippen molar-refractivity contribution < 1.29 is 5.11 Å². The summed E-state index contributed by atoms with van der Waals surface area (Å²) in [5, 5.41) is 14.2. The molecule has 1 fully saturated rings. The number of aliphatic hydroxyl groups is 1. The van der Waals surface area contributed by atoms with E-state index in [1.807, 2.05) is 12.1 Å². The minimum Gasteiger partial charge on any atom is -0.386 e. The van der Waals surface area contributed by atoms with E-state index in [0.29, 0.717) is 6.42 Å². The van der Waals surface area contributed by atoms with Crippen molar-refractivity contribution >= 4 is 0 Å². The Kier molecular flexibility index (Phi) is 2.11. The fourth-order valence-corrected chi connectivity index (χ4v) is 3.28. The second kappa shape index (κ2) is 3.29. The van der Waals surface area contributed by atoms with Crippen LogP contribution in [0.4, 0.5) is 0 Å². The van der Waals surface area contributed by atoms with Crippen molar-refractivity contribution in [1.82, 2.24) is 5.32 Å². The fourth-order valence-electron chi connectivity index (χ4n) is 3.28. The van der Waals surface area contributed by atoms with Crippen molar-refractivity contribution in [3.63, 3.8) is 0 Å². The Hall–Kier alpha value is -0.900. The minimum atomic E-state index is -0.770. The summed E-state index contributed by atoms with van der Waals surface area (Å²) in [4.78, 5) is 0. The number of benzene rings is 1. The fraction of sp³-hybridized carbons (Fsp3) is 0.538. The van der Waals surface area contributed by atoms with Gasteiger partial charge in [0.1, 0.15) is 5.60 Å². The van der Waals surface area contributed by atoms with E-state index in [4.69, 9.17) is 5.73 Å². The molecule has 3 nitrogen and oxygen atoms in total. The Morgan fingerprint density at radius 2 is 2.25 bits per heavy atom. The zero-order valence-electron chi connectivity index (χ0n) is 9.48. The van der Waals surface area contributed by atoms with E-state index in [1.165, 1.54) is 11.1 Å². The average Bonchev–Trinajstić information content (AvgIpc) is 2.45. The third-order valence-electron chi connectivity index (χ3n) is 4.19. The van der Waals surface area contributed by atoms with E-state index in [0.717, 1.165) is 6.42 Å². The molecule has 16 heavy (non-hydrogen) atoms. The Morgan fingerprint density at radius 3 is 3.00 bits per heavy atom. The van der Waals surface area contributed by atoms with Crippen molar-refractivity contribution in [3.05, 3.63) is 35.4 Å². The first-order chi connectivity index (χ1) is 7.66. The lowest BCUT2D eigenvalue weighted by atomic mass is 9.75. The van der Waals surface area contributed by atoms with Crippen LogP contribution in [0.25, 0.3) is 0 Å². The highest BCUT2D eigenvalue weighted by atomic mass is 16.3. The van der Waals surface area contributed by atoms with Gasteiger partial charge in [0.2, 0.25) is 0 Å². The molecule has 3 heteroatoms. The second-order valence-electron chi connectivity index (χ2n) is 5.00. The predicted octanol–water partition coefficient (Wildman–Crippen LogP) is 0.724. The van der Waals surface area contributed by atoms with E-state index in [2.05, 4.69) is 24.4 Å². The molecule has 1 aliphatic heterocycles. The summed E-state index contributed by atoms with van der Waals surface area (Å²) >= 11 is 0. The van der Waals surface area contributed by atoms with Crippen LogP contribution >= 0.6 is 0 Å². The van der Waals surface area contributed by atoms with Gasteiger partial charge in [0, 0.05) is 12.5 Å². The third-order valence-corrected chi connectivity index (χ3v) is 4.19. The van der Waals surface area contributed by atoms with E-state index >= 15 is 0 Å². The van der Waals surface area contributed by atoms with Crippen molar-refractivity contribution in [1.29, 1.82) is 0 Å². The molecule has 1 saturated heterocycles. The first-order valence-electron chi connectivity index (χ1n) is 5.98. The highest BCUT2D eigenvalue weighted by Gasteiger charge is 2.55. The molecule has 0 radical (unpaired) electrons. The monoisotopic (exact) mass is 218 g/mol. The molecule has 0 amide bonds. The average molecular weight is 218 g/mol. The first-order valence-corrected chi connectivity index (χ1v) is 5.98. The molecule has 0 saturated carbocycles. The Labute approximate surface area is 95.7 Å². The van der Waals surface area contributed by atoms with Gasteiger partial charge in [-0.15, -0.1) is 0 Å². The highest BCUT2D eigenvalue weighted by molar-refractivity contribution is 5.40. The Morgan fingerprint density at radius 1 is 1.50 bits per heavy atom. The molecule has 86 valence electrons. The van der Waals surface area contributed by atoms with Gasteiger partial charge in [-0.05, 0) is 17.5 Å². The number of nitrogens with two attached hydrogens (primary N) is 1. The van der Waals surface area contributed by atoms with E-state index < -0.39 is 5.60 Å². The van der Waals surface area contributed by atoms with E-state index in [-0.39, 0.29) is 18.1 Å². The highest BCUT2D eigenvalue weighted by Crippen LogP contribution is 2.43. The van der Waals surface area contributed by atoms with Gasteiger partial charge in [-0.1, -0.05) is 31.2 Å². The van der Waals surface area contributed by atoms with Gasteiger partial charge in [0.25, 0.3) is 0 Å². The largest absolute Gasteiger partial charge is 0.386 e. The van der Waals surface area contributed by atoms with Crippen LogP contribution in [-0.2, 0) is 6.42 Å². The van der Waals surface area contributed by atoms with Gasteiger partial charge >= 0.3 is 0 Å². The molecule has 4 N–H and O–H groups in total. The van der Waals surface area contributed by atoms with Gasteiger partial charge in [-0.3, -0.25) is 0 Å². The molecule has 0 aromatic heterocycles. The second-order valence-corrected chi connectivity index (χ2v) is 5.00. The molecule has 2 aliphatic rings. The Bertz CT molecular complexity index is 420. The van der Waals surface area contributed by atoms with E-state index in [9.17, 15) is 5.11 Å². The Balaban J connectivity index is 2.10. The van der Waals surface area contributed by atoms with Crippen LogP contribution in [-0.4, -0.2) is 22.8 Å². The SMILES string of the molecule is CCC1NC2c3ccccc3CC1(O)C2N. The van der Waals surface area contributed by atoms with Gasteiger partial charge in [0.15, 0.2) is 0 Å². The molecule has 1 aliphatic carbocycles. The summed E-state index contributed by atoms with van der Waals surface area (Å²) in [6.45, 7) is 2.09. The lowest BCUT2D eigenvalue weighted by molar-refractivity contribution is 0.00783. The molecular weight excluding hydrogens is 200 g/mol. The molecule has 1 aromatic carbocycles. The molecule has 1 heterocycles. The molecular formula is C13H18N2O. The maximum atomic E-state index is 10.7. The van der Waals surface area contributed by atoms with Crippen molar-refractivity contribution in [3.8, 4) is 0 Å². The molecule has 1 aromatic rings. The van der Waals surface area contributed by atoms with Crippen molar-refractivity contribution in [2.75, 3.05) is 0 Å². The number of nitrogens with one attached hydrogen (secondary N) is 1. The smallest absolute Gasteiger partial charge is 0.101 e. The topological polar surface area (TPSA) is 58.3 Å². The summed E-state index contributed by atoms with van der Waals surface area (Å²) in [6.07, 6.45) is 1.58. The summed E-state index contributed by atoms with van der Waals surface area (Å²) < 4.78 is 0. The predicted molar refractivity (Wildman–Crippen MR) is 63.0 cm³/mol. The quantitative estimate of drug-likeness (QED) is 0.651. The van der Waals surface area contributed by atoms with Crippen molar-refractivity contribution in [2.45, 2.75) is 43.5 Å². The zero-order valence-corrected chi connectivity index (χ0v) is 9.48. The van der Waals surface area contributed by atoms with Crippen LogP contribution in [0.2, 0.25) is 0 Å². The lowest BCUT2D eigenvalue weighted by Gasteiger charge is -2.37. The summed E-state index contributed by atoms with van der Waals surface area (Å²) in [6, 6.07) is 8.31. The summed E-state index contributed by atoms with van der Waals surface area (Å²) in [5.41, 5.74) is 7.91. The number of hydrogen-bond acceptors (Lipinski definition) is 3. The molecule has 4 atom stereocenters. The van der Waals surface area contributed by atoms with Gasteiger partial charge in [-0.25, -0.2) is 0 Å². The lowest BCUT2D eigenvalue weighted by Crippen LogP contribution is -2.55. The van der Waals surface area contributed by atoms with Gasteiger partial charge in [0.05, 0.1) is 12.1 Å². The van der Waals surface area contributed by atoms with Crippen LogP contribution in [0.1, 0.15) is 30.5 Å². The first kappa shape index (κ1) is 10.3. The number of fused-ring (bicyclic) bond motifs is 4. The van der Waals surface area contributed by atoms with Crippen LogP contribution < -0.4 is 11.1 Å². The minimum absolute atomic E-state index is 0.111. The van der Waals surface area contributed by atoms with Crippen LogP contribution in [0, 0.1) is 0 Å². The van der Waals surface area contributed by atoms with E-state index in [1.54, 1.807) is 0 Å². The maximum Gasteiger partial charge on any atom is 0.101 e. The number of hydrogen-bond donors (Lipinski definition) is 3. The molecule has 2 bridgehead atoms. The number of rotatable bonds is 1. The summed E-state index contributed by atoms with van der Waals surface area (Å²) in [7, 11) is 0. The van der Waals surface area contributed by atoms with Crippen molar-refractivity contribution in [2.24, 2.45) is 5.73 Å². The molecule has 0 spiro atoms. The normalized spacial score (nSPS) is 40.8. The standard InChI is InChI=1S/C13H18N2O/c1-2-10-13(16)7-8-5-3-4-6-9(8)11(15-10)12(13)14/h3-6,10-12,15-16H,2,7,14H2,1H3. The third kappa shape index (κ3) is 1.14. The summed E-state index contributed by atoms with van der Waals surface area (Å²) in [5.74, 6) is 0.